The molecule has 10 heteroatoms. The molecule has 1 aliphatic heterocycles. The predicted octanol–water partition coefficient (Wildman–Crippen LogP) is 2.62. The average molecular weight is 415 g/mol. The van der Waals surface area contributed by atoms with E-state index in [9.17, 15) is 19.7 Å². The molecule has 156 valence electrons. The van der Waals surface area contributed by atoms with Crippen LogP contribution in [0.25, 0.3) is 11.1 Å². The van der Waals surface area contributed by atoms with Gasteiger partial charge < -0.3 is 23.7 Å². The van der Waals surface area contributed by atoms with Gasteiger partial charge in [-0.15, -0.1) is 0 Å². The number of hydrogen-bond donors (Lipinski definition) is 0. The van der Waals surface area contributed by atoms with E-state index >= 15 is 0 Å². The Kier molecular flexibility index (Phi) is 5.58. The van der Waals surface area contributed by atoms with E-state index in [1.807, 2.05) is 0 Å². The number of nitro benzene ring substituents is 1. The summed E-state index contributed by atoms with van der Waals surface area (Å²) in [6, 6.07) is 6.87. The summed E-state index contributed by atoms with van der Waals surface area (Å²) in [6.45, 7) is 0. The Balaban J connectivity index is 2.29. The van der Waals surface area contributed by atoms with Crippen molar-refractivity contribution in [2.45, 2.75) is 0 Å². The fraction of sp³-hybridized carbons (Fsp3) is 0.200. The molecule has 1 aliphatic rings. The number of hydrogen-bond acceptors (Lipinski definition) is 9. The minimum atomic E-state index is -0.928. The third kappa shape index (κ3) is 3.39. The van der Waals surface area contributed by atoms with Gasteiger partial charge in [-0.25, -0.2) is 9.59 Å². The second-order valence-corrected chi connectivity index (χ2v) is 5.98. The number of benzene rings is 2. The van der Waals surface area contributed by atoms with Crippen molar-refractivity contribution >= 4 is 28.8 Å². The third-order valence-electron chi connectivity index (χ3n) is 4.46. The van der Waals surface area contributed by atoms with Crippen molar-refractivity contribution in [1.29, 1.82) is 0 Å². The zero-order valence-corrected chi connectivity index (χ0v) is 16.5. The van der Waals surface area contributed by atoms with Gasteiger partial charge >= 0.3 is 17.6 Å². The highest BCUT2D eigenvalue weighted by molar-refractivity contribution is 6.45. The van der Waals surface area contributed by atoms with Crippen molar-refractivity contribution in [3.05, 3.63) is 51.6 Å². The van der Waals surface area contributed by atoms with Crippen molar-refractivity contribution in [1.82, 2.24) is 0 Å². The highest BCUT2D eigenvalue weighted by Gasteiger charge is 2.37. The molecule has 10 nitrogen and oxygen atoms in total. The molecule has 0 radical (unpaired) electrons. The second-order valence-electron chi connectivity index (χ2n) is 5.98. The number of carbonyl (C=O) groups is 2. The molecular weight excluding hydrogens is 398 g/mol. The highest BCUT2D eigenvalue weighted by Crippen LogP contribution is 2.43. The van der Waals surface area contributed by atoms with Crippen molar-refractivity contribution in [3.63, 3.8) is 0 Å². The van der Waals surface area contributed by atoms with Crippen LogP contribution in [0.5, 0.6) is 23.0 Å². The Morgan fingerprint density at radius 2 is 1.30 bits per heavy atom. The van der Waals surface area contributed by atoms with Gasteiger partial charge in [0.2, 0.25) is 5.75 Å². The Morgan fingerprint density at radius 1 is 0.767 bits per heavy atom. The van der Waals surface area contributed by atoms with Gasteiger partial charge in [-0.2, -0.15) is 0 Å². The van der Waals surface area contributed by atoms with Crippen molar-refractivity contribution in [2.75, 3.05) is 28.4 Å². The Hall–Kier alpha value is -4.08. The minimum absolute atomic E-state index is 0.0105. The standard InChI is InChI=1S/C20H17NO9/c1-26-13-6-5-10(7-12(13)21(24)25)16-17(20(23)30-19(16)22)11-8-14(27-2)18(29-4)15(9-11)28-3/h5-9H,1-4H3. The van der Waals surface area contributed by atoms with Crippen LogP contribution in [0.4, 0.5) is 5.69 Å². The van der Waals surface area contributed by atoms with E-state index in [-0.39, 0.29) is 45.2 Å². The lowest BCUT2D eigenvalue weighted by atomic mass is 9.95. The van der Waals surface area contributed by atoms with Gasteiger partial charge in [0.05, 0.1) is 44.5 Å². The molecule has 0 bridgehead atoms. The number of cyclic esters (lactones) is 2. The van der Waals surface area contributed by atoms with Gasteiger partial charge in [0.1, 0.15) is 0 Å². The van der Waals surface area contributed by atoms with E-state index in [0.29, 0.717) is 5.75 Å². The number of nitrogens with zero attached hydrogens (tertiary/aromatic N) is 1. The van der Waals surface area contributed by atoms with Crippen LogP contribution in [-0.2, 0) is 14.3 Å². The summed E-state index contributed by atoms with van der Waals surface area (Å²) in [5.74, 6) is -1.01. The summed E-state index contributed by atoms with van der Waals surface area (Å²) >= 11 is 0. The molecule has 0 saturated carbocycles. The zero-order valence-electron chi connectivity index (χ0n) is 16.5. The monoisotopic (exact) mass is 415 g/mol. The molecule has 0 saturated heterocycles. The van der Waals surface area contributed by atoms with E-state index in [1.54, 1.807) is 0 Å². The number of rotatable bonds is 7. The summed E-state index contributed by atoms with van der Waals surface area (Å²) in [5, 5.41) is 11.4. The molecular formula is C20H17NO9. The molecule has 0 atom stereocenters. The molecule has 0 N–H and O–H groups in total. The van der Waals surface area contributed by atoms with Gasteiger partial charge in [0.15, 0.2) is 17.2 Å². The molecule has 0 aliphatic carbocycles. The van der Waals surface area contributed by atoms with Gasteiger partial charge in [0.25, 0.3) is 0 Å². The normalized spacial score (nSPS) is 13.2. The van der Waals surface area contributed by atoms with E-state index in [1.165, 1.54) is 52.7 Å². The van der Waals surface area contributed by atoms with Crippen LogP contribution in [0.1, 0.15) is 11.1 Å². The Labute approximate surface area is 170 Å². The average Bonchev–Trinajstić information content (AvgIpc) is 3.05. The van der Waals surface area contributed by atoms with Gasteiger partial charge in [-0.3, -0.25) is 10.1 Å². The van der Waals surface area contributed by atoms with Crippen LogP contribution < -0.4 is 18.9 Å². The fourth-order valence-corrected chi connectivity index (χ4v) is 3.13. The van der Waals surface area contributed by atoms with Crippen LogP contribution in [0.2, 0.25) is 0 Å². The highest BCUT2D eigenvalue weighted by atomic mass is 16.6. The number of ether oxygens (including phenoxy) is 5. The molecule has 0 amide bonds. The first-order chi connectivity index (χ1) is 14.4. The smallest absolute Gasteiger partial charge is 0.347 e. The maximum atomic E-state index is 12.5. The Bertz CT molecular complexity index is 1060. The molecule has 2 aromatic carbocycles. The SMILES string of the molecule is COc1ccc(C2=C(c3cc(OC)c(OC)c(OC)c3)C(=O)OC2=O)cc1[N+](=O)[O-]. The number of esters is 2. The van der Waals surface area contributed by atoms with E-state index in [2.05, 4.69) is 0 Å². The quantitative estimate of drug-likeness (QED) is 0.290. The molecule has 0 fully saturated rings. The summed E-state index contributed by atoms with van der Waals surface area (Å²) in [5.41, 5.74) is -0.187. The molecule has 0 unspecified atom stereocenters. The van der Waals surface area contributed by atoms with Crippen LogP contribution in [0.15, 0.2) is 30.3 Å². The molecule has 30 heavy (non-hydrogen) atoms. The zero-order chi connectivity index (χ0) is 22.0. The second kappa shape index (κ2) is 8.11. The van der Waals surface area contributed by atoms with E-state index < -0.39 is 16.9 Å². The summed E-state index contributed by atoms with van der Waals surface area (Å²) in [7, 11) is 5.52. The van der Waals surface area contributed by atoms with Crippen molar-refractivity contribution in [2.24, 2.45) is 0 Å². The first kappa shape index (κ1) is 20.6. The molecule has 1 heterocycles. The van der Waals surface area contributed by atoms with Gasteiger partial charge in [-0.05, 0) is 35.4 Å². The van der Waals surface area contributed by atoms with Gasteiger partial charge in [-0.1, -0.05) is 0 Å². The summed E-state index contributed by atoms with van der Waals surface area (Å²) in [4.78, 5) is 35.7. The molecule has 0 aromatic heterocycles. The topological polar surface area (TPSA) is 123 Å². The van der Waals surface area contributed by atoms with Crippen LogP contribution in [0.3, 0.4) is 0 Å². The van der Waals surface area contributed by atoms with Crippen LogP contribution >= 0.6 is 0 Å². The predicted molar refractivity (Wildman–Crippen MR) is 104 cm³/mol. The van der Waals surface area contributed by atoms with Crippen molar-refractivity contribution in [3.8, 4) is 23.0 Å². The van der Waals surface area contributed by atoms with Crippen molar-refractivity contribution < 1.29 is 38.2 Å². The lowest BCUT2D eigenvalue weighted by Gasteiger charge is -2.14. The Morgan fingerprint density at radius 3 is 1.77 bits per heavy atom. The first-order valence-corrected chi connectivity index (χ1v) is 8.50. The minimum Gasteiger partial charge on any atom is -0.493 e. The van der Waals surface area contributed by atoms with Crippen LogP contribution in [-0.4, -0.2) is 45.3 Å². The van der Waals surface area contributed by atoms with E-state index in [0.717, 1.165) is 6.07 Å². The maximum absolute atomic E-state index is 12.5. The van der Waals surface area contributed by atoms with Gasteiger partial charge in [0, 0.05) is 6.07 Å². The fourth-order valence-electron chi connectivity index (χ4n) is 3.13. The lowest BCUT2D eigenvalue weighted by molar-refractivity contribution is -0.385. The number of methoxy groups -OCH3 is 4. The molecule has 0 spiro atoms. The molecule has 2 aromatic rings. The summed E-state index contributed by atoms with van der Waals surface area (Å²) in [6.07, 6.45) is 0. The van der Waals surface area contributed by atoms with E-state index in [4.69, 9.17) is 23.7 Å². The molecule has 3 rings (SSSR count). The summed E-state index contributed by atoms with van der Waals surface area (Å²) < 4.78 is 25.6. The number of nitro groups is 1. The lowest BCUT2D eigenvalue weighted by Crippen LogP contribution is -2.03. The first-order valence-electron chi connectivity index (χ1n) is 8.50. The largest absolute Gasteiger partial charge is 0.493 e. The third-order valence-corrected chi connectivity index (χ3v) is 4.46. The maximum Gasteiger partial charge on any atom is 0.347 e. The number of carbonyl (C=O) groups excluding carboxylic acids is 2. The van der Waals surface area contributed by atoms with Crippen LogP contribution in [0, 0.1) is 10.1 Å².